The molecule has 4 rings (SSSR count). The summed E-state index contributed by atoms with van der Waals surface area (Å²) >= 11 is 1.19. The highest BCUT2D eigenvalue weighted by Gasteiger charge is 2.28. The van der Waals surface area contributed by atoms with Crippen molar-refractivity contribution in [3.8, 4) is 0 Å². The highest BCUT2D eigenvalue weighted by molar-refractivity contribution is 7.06. The lowest BCUT2D eigenvalue weighted by molar-refractivity contribution is -0.133. The van der Waals surface area contributed by atoms with Crippen molar-refractivity contribution in [3.05, 3.63) is 82.1 Å². The molecule has 10 heteroatoms. The fourth-order valence-electron chi connectivity index (χ4n) is 3.44. The number of halogens is 3. The first kappa shape index (κ1) is 23.5. The van der Waals surface area contributed by atoms with Crippen molar-refractivity contribution < 1.29 is 22.8 Å². The Kier molecular flexibility index (Phi) is 6.69. The Hall–Kier alpha value is -3.66. The zero-order valence-corrected chi connectivity index (χ0v) is 18.8. The number of benzene rings is 2. The molecule has 0 radical (unpaired) electrons. The molecule has 2 heterocycles. The van der Waals surface area contributed by atoms with Gasteiger partial charge in [-0.05, 0) is 42.7 Å². The molecule has 174 valence electrons. The summed E-state index contributed by atoms with van der Waals surface area (Å²) < 4.78 is 41.6. The van der Waals surface area contributed by atoms with Gasteiger partial charge in [0.25, 0.3) is 5.91 Å². The molecular weight excluding hydrogens is 465 g/mol. The van der Waals surface area contributed by atoms with Crippen molar-refractivity contribution in [1.82, 2.24) is 14.3 Å². The Morgan fingerprint density at radius 2 is 1.82 bits per heavy atom. The van der Waals surface area contributed by atoms with Crippen LogP contribution in [0, 0.1) is 6.92 Å². The standard InChI is InChI=1S/C24H19F3N4O2S/c1-14-22(21(34-31-14)12-17-13-28-18-7-2-3-8-19(18)29-17)23(33)30-16-6-4-5-15(11-16)20(32)9-10-24(25,26)27/h2-8,11,13H,9-10,12H2,1H3,(H,30,33). The van der Waals surface area contributed by atoms with Crippen LogP contribution in [0.1, 0.15) is 49.8 Å². The van der Waals surface area contributed by atoms with E-state index >= 15 is 0 Å². The molecule has 0 bridgehead atoms. The van der Waals surface area contributed by atoms with Crippen LogP contribution in [0.3, 0.4) is 0 Å². The molecule has 0 aliphatic carbocycles. The summed E-state index contributed by atoms with van der Waals surface area (Å²) in [6, 6.07) is 13.4. The van der Waals surface area contributed by atoms with Crippen molar-refractivity contribution in [2.75, 3.05) is 5.32 Å². The van der Waals surface area contributed by atoms with Gasteiger partial charge >= 0.3 is 6.18 Å². The van der Waals surface area contributed by atoms with E-state index in [4.69, 9.17) is 0 Å². The molecule has 0 saturated heterocycles. The van der Waals surface area contributed by atoms with Gasteiger partial charge in [0.1, 0.15) is 0 Å². The van der Waals surface area contributed by atoms with E-state index in [1.807, 2.05) is 24.3 Å². The maximum Gasteiger partial charge on any atom is 0.389 e. The number of aryl methyl sites for hydroxylation is 1. The number of amides is 1. The summed E-state index contributed by atoms with van der Waals surface area (Å²) in [5.74, 6) is -1.06. The lowest BCUT2D eigenvalue weighted by atomic mass is 10.1. The molecule has 4 aromatic rings. The average Bonchev–Trinajstić information content (AvgIpc) is 3.17. The highest BCUT2D eigenvalue weighted by Crippen LogP contribution is 2.25. The smallest absolute Gasteiger partial charge is 0.322 e. The molecule has 1 amide bonds. The summed E-state index contributed by atoms with van der Waals surface area (Å²) in [6.45, 7) is 1.72. The molecule has 2 aromatic carbocycles. The largest absolute Gasteiger partial charge is 0.389 e. The first-order valence-electron chi connectivity index (χ1n) is 10.4. The number of fused-ring (bicyclic) bond motifs is 1. The second kappa shape index (κ2) is 9.68. The predicted molar refractivity (Wildman–Crippen MR) is 123 cm³/mol. The molecule has 34 heavy (non-hydrogen) atoms. The molecule has 0 unspecified atom stereocenters. The number of carbonyl (C=O) groups is 2. The fraction of sp³-hybridized carbons (Fsp3) is 0.208. The Balaban J connectivity index is 1.51. The topological polar surface area (TPSA) is 84.8 Å². The minimum Gasteiger partial charge on any atom is -0.322 e. The van der Waals surface area contributed by atoms with Gasteiger partial charge < -0.3 is 5.32 Å². The molecule has 2 aromatic heterocycles. The number of nitrogens with one attached hydrogen (secondary N) is 1. The number of hydrogen-bond donors (Lipinski definition) is 1. The van der Waals surface area contributed by atoms with Crippen molar-refractivity contribution in [2.45, 2.75) is 32.4 Å². The van der Waals surface area contributed by atoms with Crippen molar-refractivity contribution in [1.29, 1.82) is 0 Å². The number of aromatic nitrogens is 3. The Morgan fingerprint density at radius 1 is 1.06 bits per heavy atom. The van der Waals surface area contributed by atoms with Crippen LogP contribution in [-0.4, -0.2) is 32.2 Å². The third-order valence-corrected chi connectivity index (χ3v) is 6.01. The normalized spacial score (nSPS) is 11.5. The second-order valence-electron chi connectivity index (χ2n) is 7.67. The van der Waals surface area contributed by atoms with Gasteiger partial charge in [-0.2, -0.15) is 17.5 Å². The molecule has 6 nitrogen and oxygen atoms in total. The maximum absolute atomic E-state index is 13.0. The van der Waals surface area contributed by atoms with E-state index in [2.05, 4.69) is 19.7 Å². The van der Waals surface area contributed by atoms with Gasteiger partial charge in [-0.1, -0.05) is 24.3 Å². The summed E-state index contributed by atoms with van der Waals surface area (Å²) in [7, 11) is 0. The quantitative estimate of drug-likeness (QED) is 0.337. The van der Waals surface area contributed by atoms with Gasteiger partial charge in [0.15, 0.2) is 5.78 Å². The van der Waals surface area contributed by atoms with Crippen LogP contribution < -0.4 is 5.32 Å². The summed E-state index contributed by atoms with van der Waals surface area (Å²) in [4.78, 5) is 34.9. The fourth-order valence-corrected chi connectivity index (χ4v) is 4.32. The zero-order chi connectivity index (χ0) is 24.3. The van der Waals surface area contributed by atoms with Crippen LogP contribution in [-0.2, 0) is 6.42 Å². The molecule has 0 spiro atoms. The van der Waals surface area contributed by atoms with E-state index < -0.39 is 30.7 Å². The van der Waals surface area contributed by atoms with Crippen LogP contribution in [0.2, 0.25) is 0 Å². The third-order valence-electron chi connectivity index (χ3n) is 5.08. The summed E-state index contributed by atoms with van der Waals surface area (Å²) in [5, 5.41) is 2.73. The van der Waals surface area contributed by atoms with E-state index in [0.29, 0.717) is 33.9 Å². The number of alkyl halides is 3. The van der Waals surface area contributed by atoms with Gasteiger partial charge in [-0.3, -0.25) is 14.6 Å². The number of nitrogens with zero attached hydrogens (tertiary/aromatic N) is 3. The monoisotopic (exact) mass is 484 g/mol. The number of rotatable bonds is 7. The van der Waals surface area contributed by atoms with Crippen LogP contribution >= 0.6 is 11.5 Å². The molecule has 0 aliphatic rings. The minimum atomic E-state index is -4.41. The molecule has 0 atom stereocenters. The Bertz CT molecular complexity index is 1370. The van der Waals surface area contributed by atoms with E-state index in [1.54, 1.807) is 19.2 Å². The van der Waals surface area contributed by atoms with Crippen LogP contribution in [0.5, 0.6) is 0 Å². The lowest BCUT2D eigenvalue weighted by Gasteiger charge is -2.09. The van der Waals surface area contributed by atoms with Gasteiger partial charge in [0.2, 0.25) is 0 Å². The van der Waals surface area contributed by atoms with E-state index in [9.17, 15) is 22.8 Å². The number of Topliss-reactive ketones (excluding diaryl/α,β-unsaturated/α-hetero) is 1. The minimum absolute atomic E-state index is 0.105. The van der Waals surface area contributed by atoms with Gasteiger partial charge in [0, 0.05) is 35.2 Å². The maximum atomic E-state index is 13.0. The summed E-state index contributed by atoms with van der Waals surface area (Å²) in [6.07, 6.45) is -4.22. The van der Waals surface area contributed by atoms with Crippen LogP contribution in [0.15, 0.2) is 54.7 Å². The highest BCUT2D eigenvalue weighted by atomic mass is 32.1. The van der Waals surface area contributed by atoms with Gasteiger partial charge in [0.05, 0.1) is 34.4 Å². The number of carbonyl (C=O) groups excluding carboxylic acids is 2. The molecule has 0 aliphatic heterocycles. The molecule has 0 fully saturated rings. The number of hydrogen-bond acceptors (Lipinski definition) is 6. The van der Waals surface area contributed by atoms with Crippen LogP contribution in [0.4, 0.5) is 18.9 Å². The molecule has 0 saturated carbocycles. The van der Waals surface area contributed by atoms with E-state index in [1.165, 1.54) is 29.7 Å². The van der Waals surface area contributed by atoms with Crippen molar-refractivity contribution >= 4 is 39.9 Å². The number of para-hydroxylation sites is 2. The predicted octanol–water partition coefficient (Wildman–Crippen LogP) is 5.76. The number of anilines is 1. The number of ketones is 1. The summed E-state index contributed by atoms with van der Waals surface area (Å²) in [5.41, 5.74) is 3.57. The first-order valence-corrected chi connectivity index (χ1v) is 11.1. The van der Waals surface area contributed by atoms with Gasteiger partial charge in [-0.25, -0.2) is 4.98 Å². The second-order valence-corrected chi connectivity index (χ2v) is 8.52. The lowest BCUT2D eigenvalue weighted by Crippen LogP contribution is -2.15. The Morgan fingerprint density at radius 3 is 2.59 bits per heavy atom. The van der Waals surface area contributed by atoms with Gasteiger partial charge in [-0.15, -0.1) is 0 Å². The van der Waals surface area contributed by atoms with Crippen molar-refractivity contribution in [2.24, 2.45) is 0 Å². The first-order chi connectivity index (χ1) is 16.2. The van der Waals surface area contributed by atoms with Crippen molar-refractivity contribution in [3.63, 3.8) is 0 Å². The SMILES string of the molecule is Cc1nsc(Cc2cnc3ccccc3n2)c1C(=O)Nc1cccc(C(=O)CCC(F)(F)F)c1. The Labute approximate surface area is 197 Å². The third kappa shape index (κ3) is 5.63. The van der Waals surface area contributed by atoms with Crippen LogP contribution in [0.25, 0.3) is 11.0 Å². The molecule has 1 N–H and O–H groups in total. The zero-order valence-electron chi connectivity index (χ0n) is 18.0. The van der Waals surface area contributed by atoms with E-state index in [0.717, 1.165) is 11.0 Å². The molecular formula is C24H19F3N4O2S. The van der Waals surface area contributed by atoms with E-state index in [-0.39, 0.29) is 5.56 Å². The average molecular weight is 485 g/mol.